The maximum Gasteiger partial charge on any atom is 0.335 e. The second-order valence-electron chi connectivity index (χ2n) is 9.41. The lowest BCUT2D eigenvalue weighted by atomic mass is 10.1. The van der Waals surface area contributed by atoms with E-state index in [1.165, 1.54) is 4.68 Å². The minimum Gasteiger partial charge on any atom is -0.478 e. The third-order valence-corrected chi connectivity index (χ3v) is 7.50. The molecule has 1 atom stereocenters. The van der Waals surface area contributed by atoms with Gasteiger partial charge in [-0.1, -0.05) is 60.1 Å². The zero-order chi connectivity index (χ0) is 27.0. The van der Waals surface area contributed by atoms with E-state index in [2.05, 4.69) is 33.5 Å². The van der Waals surface area contributed by atoms with E-state index in [-0.39, 0.29) is 17.0 Å². The van der Waals surface area contributed by atoms with Gasteiger partial charge in [-0.2, -0.15) is 9.78 Å². The van der Waals surface area contributed by atoms with Crippen molar-refractivity contribution in [2.24, 2.45) is 5.10 Å². The molecule has 38 heavy (non-hydrogen) atoms. The number of para-hydroxylation sites is 1. The molecular weight excluding hydrogens is 544 g/mol. The summed E-state index contributed by atoms with van der Waals surface area (Å²) in [4.78, 5) is 29.6. The van der Waals surface area contributed by atoms with E-state index in [9.17, 15) is 14.7 Å². The van der Waals surface area contributed by atoms with E-state index in [0.717, 1.165) is 38.6 Å². The smallest absolute Gasteiger partial charge is 0.335 e. The van der Waals surface area contributed by atoms with Crippen LogP contribution in [0.1, 0.15) is 59.2 Å². The third-order valence-electron chi connectivity index (χ3n) is 7.01. The van der Waals surface area contributed by atoms with E-state index < -0.39 is 5.97 Å². The van der Waals surface area contributed by atoms with Crippen molar-refractivity contribution >= 4 is 49.9 Å². The number of hydrogen-bond donors (Lipinski definition) is 1. The third kappa shape index (κ3) is 4.67. The molecule has 0 spiro atoms. The molecule has 0 fully saturated rings. The van der Waals surface area contributed by atoms with Gasteiger partial charge in [-0.25, -0.2) is 9.78 Å². The molecule has 5 aromatic rings. The molecule has 5 rings (SSSR count). The van der Waals surface area contributed by atoms with Crippen LogP contribution in [0.25, 0.3) is 21.8 Å². The van der Waals surface area contributed by atoms with Crippen molar-refractivity contribution in [3.8, 4) is 0 Å². The van der Waals surface area contributed by atoms with Gasteiger partial charge in [0.2, 0.25) is 0 Å². The molecule has 192 valence electrons. The fourth-order valence-electron chi connectivity index (χ4n) is 4.65. The zero-order valence-corrected chi connectivity index (χ0v) is 22.9. The number of nitrogens with zero attached hydrogens (tertiary/aromatic N) is 4. The number of aromatic carboxylic acids is 1. The average Bonchev–Trinajstić information content (AvgIpc) is 3.18. The molecule has 0 saturated carbocycles. The minimum atomic E-state index is -0.944. The summed E-state index contributed by atoms with van der Waals surface area (Å²) in [5.74, 6) is -0.271. The van der Waals surface area contributed by atoms with Crippen LogP contribution in [0.5, 0.6) is 0 Å². The standard InChI is InChI=1S/C30H27BrN4O3/c1-4-18(2)28-33-26-14-13-22(31)15-24(26)29(36)35(28)32-16-25-19(3)34(27-8-6-5-7-23(25)27)17-20-9-11-21(12-10-20)30(37)38/h5-16,18H,4,17H2,1-3H3,(H,37,38)/t18-/m0/s1. The molecule has 2 aromatic heterocycles. The van der Waals surface area contributed by atoms with Gasteiger partial charge >= 0.3 is 5.97 Å². The number of hydrogen-bond acceptors (Lipinski definition) is 4. The lowest BCUT2D eigenvalue weighted by molar-refractivity contribution is 0.0697. The molecule has 8 heteroatoms. The van der Waals surface area contributed by atoms with E-state index in [4.69, 9.17) is 10.1 Å². The second-order valence-corrected chi connectivity index (χ2v) is 10.3. The summed E-state index contributed by atoms with van der Waals surface area (Å²) in [6.45, 7) is 6.72. The molecule has 0 aliphatic carbocycles. The van der Waals surface area contributed by atoms with Gasteiger partial charge in [-0.15, -0.1) is 0 Å². The summed E-state index contributed by atoms with van der Waals surface area (Å²) in [5.41, 5.74) is 4.63. The van der Waals surface area contributed by atoms with E-state index in [1.54, 1.807) is 24.4 Å². The number of carbonyl (C=O) groups is 1. The van der Waals surface area contributed by atoms with Gasteiger partial charge < -0.3 is 9.67 Å². The molecule has 2 heterocycles. The van der Waals surface area contributed by atoms with Crippen molar-refractivity contribution in [2.45, 2.75) is 39.7 Å². The highest BCUT2D eigenvalue weighted by Gasteiger charge is 2.17. The Morgan fingerprint density at radius 2 is 1.84 bits per heavy atom. The summed E-state index contributed by atoms with van der Waals surface area (Å²) in [6.07, 6.45) is 2.57. The molecule has 7 nitrogen and oxygen atoms in total. The van der Waals surface area contributed by atoms with Crippen LogP contribution in [-0.4, -0.2) is 31.5 Å². The van der Waals surface area contributed by atoms with Gasteiger partial charge in [0, 0.05) is 39.1 Å². The highest BCUT2D eigenvalue weighted by atomic mass is 79.9. The van der Waals surface area contributed by atoms with Gasteiger partial charge in [0.25, 0.3) is 5.56 Å². The predicted octanol–water partition coefficient (Wildman–Crippen LogP) is 6.56. The molecule has 0 saturated heterocycles. The Bertz CT molecular complexity index is 1770. The highest BCUT2D eigenvalue weighted by molar-refractivity contribution is 9.10. The van der Waals surface area contributed by atoms with Crippen molar-refractivity contribution in [3.63, 3.8) is 0 Å². The Hall–Kier alpha value is -4.04. The van der Waals surface area contributed by atoms with Crippen LogP contribution in [0.2, 0.25) is 0 Å². The summed E-state index contributed by atoms with van der Waals surface area (Å²) >= 11 is 3.46. The SMILES string of the molecule is CC[C@H](C)c1nc2ccc(Br)cc2c(=O)n1N=Cc1c(C)n(Cc2ccc(C(=O)O)cc2)c2ccccc12. The quantitative estimate of drug-likeness (QED) is 0.224. The lowest BCUT2D eigenvalue weighted by Crippen LogP contribution is -2.23. The first-order valence-electron chi connectivity index (χ1n) is 12.4. The van der Waals surface area contributed by atoms with Crippen molar-refractivity contribution in [1.29, 1.82) is 0 Å². The molecule has 0 unspecified atom stereocenters. The zero-order valence-electron chi connectivity index (χ0n) is 21.4. The van der Waals surface area contributed by atoms with Crippen LogP contribution in [0.4, 0.5) is 0 Å². The van der Waals surface area contributed by atoms with E-state index in [1.807, 2.05) is 56.3 Å². The van der Waals surface area contributed by atoms with Gasteiger partial charge in [-0.3, -0.25) is 4.79 Å². The monoisotopic (exact) mass is 570 g/mol. The topological polar surface area (TPSA) is 89.5 Å². The molecule has 0 aliphatic heterocycles. The number of benzene rings is 3. The molecule has 3 aromatic carbocycles. The Balaban J connectivity index is 1.63. The second kappa shape index (κ2) is 10.4. The van der Waals surface area contributed by atoms with Crippen LogP contribution in [0, 0.1) is 6.92 Å². The van der Waals surface area contributed by atoms with Crippen molar-refractivity contribution < 1.29 is 9.90 Å². The summed E-state index contributed by atoms with van der Waals surface area (Å²) in [6, 6.07) is 20.5. The number of fused-ring (bicyclic) bond motifs is 2. The van der Waals surface area contributed by atoms with Gasteiger partial charge in [-0.05, 0) is 55.3 Å². The fourth-order valence-corrected chi connectivity index (χ4v) is 5.02. The summed E-state index contributed by atoms with van der Waals surface area (Å²) in [5, 5.41) is 15.5. The van der Waals surface area contributed by atoms with Crippen LogP contribution in [0.15, 0.2) is 81.1 Å². The van der Waals surface area contributed by atoms with Crippen LogP contribution < -0.4 is 5.56 Å². The minimum absolute atomic E-state index is 0.0455. The van der Waals surface area contributed by atoms with Gasteiger partial charge in [0.05, 0.1) is 22.7 Å². The Labute approximate surface area is 228 Å². The molecule has 0 radical (unpaired) electrons. The van der Waals surface area contributed by atoms with E-state index >= 15 is 0 Å². The normalized spacial score (nSPS) is 12.5. The maximum atomic E-state index is 13.6. The highest BCUT2D eigenvalue weighted by Crippen LogP contribution is 2.26. The van der Waals surface area contributed by atoms with Crippen LogP contribution in [0.3, 0.4) is 0 Å². The Morgan fingerprint density at radius 1 is 1.11 bits per heavy atom. The van der Waals surface area contributed by atoms with Crippen molar-refractivity contribution in [1.82, 2.24) is 14.2 Å². The van der Waals surface area contributed by atoms with Gasteiger partial charge in [0.1, 0.15) is 5.82 Å². The van der Waals surface area contributed by atoms with Crippen LogP contribution >= 0.6 is 15.9 Å². The number of halogens is 1. The number of carboxylic acids is 1. The number of rotatable bonds is 7. The molecular formula is C30H27BrN4O3. The van der Waals surface area contributed by atoms with Gasteiger partial charge in [0.15, 0.2) is 0 Å². The average molecular weight is 571 g/mol. The predicted molar refractivity (Wildman–Crippen MR) is 155 cm³/mol. The van der Waals surface area contributed by atoms with E-state index in [0.29, 0.717) is 23.3 Å². The molecule has 0 bridgehead atoms. The Morgan fingerprint density at radius 3 is 2.55 bits per heavy atom. The van der Waals surface area contributed by atoms with Crippen LogP contribution in [-0.2, 0) is 6.54 Å². The fraction of sp³-hybridized carbons (Fsp3) is 0.200. The number of carboxylic acid groups (broad SMARTS) is 1. The first-order valence-corrected chi connectivity index (χ1v) is 13.2. The van der Waals surface area contributed by atoms with Crippen molar-refractivity contribution in [2.75, 3.05) is 0 Å². The first-order chi connectivity index (χ1) is 18.3. The van der Waals surface area contributed by atoms with Crippen molar-refractivity contribution in [3.05, 3.63) is 110 Å². The summed E-state index contributed by atoms with van der Waals surface area (Å²) in [7, 11) is 0. The lowest BCUT2D eigenvalue weighted by Gasteiger charge is -2.14. The molecule has 1 N–H and O–H groups in total. The largest absolute Gasteiger partial charge is 0.478 e. The maximum absolute atomic E-state index is 13.6. The first kappa shape index (κ1) is 25.6. The molecule has 0 amide bonds. The number of aromatic nitrogens is 3. The molecule has 0 aliphatic rings. The Kier molecular flexibility index (Phi) is 6.99. The summed E-state index contributed by atoms with van der Waals surface area (Å²) < 4.78 is 4.42.